The Labute approximate surface area is 206 Å². The van der Waals surface area contributed by atoms with Crippen molar-refractivity contribution in [2.75, 3.05) is 20.8 Å². The Morgan fingerprint density at radius 2 is 1.49 bits per heavy atom. The van der Waals surface area contributed by atoms with Crippen LogP contribution in [-0.4, -0.2) is 61.5 Å². The van der Waals surface area contributed by atoms with E-state index in [-0.39, 0.29) is 29.8 Å². The van der Waals surface area contributed by atoms with E-state index >= 15 is 0 Å². The molecule has 2 aromatic rings. The van der Waals surface area contributed by atoms with Crippen LogP contribution in [0.5, 0.6) is 11.5 Å². The summed E-state index contributed by atoms with van der Waals surface area (Å²) in [5.41, 5.74) is 1.07. The molecule has 2 N–H and O–H groups in total. The highest BCUT2D eigenvalue weighted by atomic mass is 16.5. The van der Waals surface area contributed by atoms with E-state index in [1.54, 1.807) is 54.5 Å². The molecule has 0 spiro atoms. The number of rotatable bonds is 7. The van der Waals surface area contributed by atoms with Crippen LogP contribution in [0.3, 0.4) is 0 Å². The molecule has 1 aliphatic heterocycles. The minimum atomic E-state index is -0.472. The first kappa shape index (κ1) is 24.6. The fourth-order valence-electron chi connectivity index (χ4n) is 4.95. The topological polar surface area (TPSA) is 97.0 Å². The lowest BCUT2D eigenvalue weighted by molar-refractivity contribution is -0.125. The molecule has 2 aromatic carbocycles. The molecule has 0 radical (unpaired) electrons. The summed E-state index contributed by atoms with van der Waals surface area (Å²) in [5.74, 6) is 0.847. The van der Waals surface area contributed by atoms with Crippen LogP contribution in [0, 0.1) is 0 Å². The molecule has 186 valence electrons. The molecule has 0 unspecified atom stereocenters. The first-order valence-corrected chi connectivity index (χ1v) is 12.2. The van der Waals surface area contributed by atoms with Crippen molar-refractivity contribution < 1.29 is 23.9 Å². The molecule has 4 rings (SSSR count). The second-order valence-electron chi connectivity index (χ2n) is 9.12. The minimum absolute atomic E-state index is 0.0421. The van der Waals surface area contributed by atoms with E-state index in [4.69, 9.17) is 9.47 Å². The van der Waals surface area contributed by atoms with Gasteiger partial charge in [-0.2, -0.15) is 0 Å². The maximum atomic E-state index is 13.2. The summed E-state index contributed by atoms with van der Waals surface area (Å²) in [7, 11) is 3.13. The van der Waals surface area contributed by atoms with Crippen LogP contribution < -0.4 is 20.1 Å². The van der Waals surface area contributed by atoms with E-state index in [2.05, 4.69) is 10.6 Å². The summed E-state index contributed by atoms with van der Waals surface area (Å²) >= 11 is 0. The predicted octanol–water partition coefficient (Wildman–Crippen LogP) is 3.17. The third-order valence-electron chi connectivity index (χ3n) is 6.91. The van der Waals surface area contributed by atoms with Gasteiger partial charge in [0.2, 0.25) is 5.91 Å². The molecule has 0 aromatic heterocycles. The van der Waals surface area contributed by atoms with Crippen molar-refractivity contribution in [2.24, 2.45) is 0 Å². The van der Waals surface area contributed by atoms with Gasteiger partial charge < -0.3 is 25.0 Å². The number of carbonyl (C=O) groups is 3. The SMILES string of the molecule is COc1ccc(C(=O)NC2CCC(NC(=O)[C@@H]3CCCN3C(=O)c3ccccc3OC)CC2)cc1. The van der Waals surface area contributed by atoms with E-state index < -0.39 is 6.04 Å². The monoisotopic (exact) mass is 479 g/mol. The van der Waals surface area contributed by atoms with Gasteiger partial charge in [0.05, 0.1) is 19.8 Å². The van der Waals surface area contributed by atoms with Crippen LogP contribution in [-0.2, 0) is 4.79 Å². The second-order valence-corrected chi connectivity index (χ2v) is 9.12. The molecule has 35 heavy (non-hydrogen) atoms. The van der Waals surface area contributed by atoms with Gasteiger partial charge in [-0.1, -0.05) is 12.1 Å². The van der Waals surface area contributed by atoms with E-state index in [0.29, 0.717) is 35.6 Å². The number of para-hydroxylation sites is 1. The highest BCUT2D eigenvalue weighted by Crippen LogP contribution is 2.26. The summed E-state index contributed by atoms with van der Waals surface area (Å²) in [6.07, 6.45) is 4.60. The molecular formula is C27H33N3O5. The summed E-state index contributed by atoms with van der Waals surface area (Å²) in [4.78, 5) is 40.4. The molecule has 2 aliphatic rings. The Kier molecular flexibility index (Phi) is 7.90. The van der Waals surface area contributed by atoms with Crippen LogP contribution >= 0.6 is 0 Å². The molecule has 2 fully saturated rings. The van der Waals surface area contributed by atoms with Gasteiger partial charge in [-0.15, -0.1) is 0 Å². The fourth-order valence-corrected chi connectivity index (χ4v) is 4.95. The predicted molar refractivity (Wildman–Crippen MR) is 132 cm³/mol. The van der Waals surface area contributed by atoms with Crippen LogP contribution in [0.15, 0.2) is 48.5 Å². The van der Waals surface area contributed by atoms with Gasteiger partial charge in [-0.25, -0.2) is 0 Å². The first-order valence-electron chi connectivity index (χ1n) is 12.2. The average molecular weight is 480 g/mol. The molecule has 1 heterocycles. The lowest BCUT2D eigenvalue weighted by Crippen LogP contribution is -2.50. The standard InChI is InChI=1S/C27H33N3O5/c1-34-21-15-9-18(10-16-21)25(31)28-19-11-13-20(14-12-19)29-26(32)23-7-5-17-30(23)27(33)22-6-3-4-8-24(22)35-2/h3-4,6,8-10,15-16,19-20,23H,5,7,11-14,17H2,1-2H3,(H,28,31)(H,29,32)/t19?,20?,23-/m0/s1. The normalized spacial score (nSPS) is 21.8. The number of likely N-dealkylation sites (tertiary alicyclic amines) is 1. The van der Waals surface area contributed by atoms with Crippen LogP contribution in [0.4, 0.5) is 0 Å². The van der Waals surface area contributed by atoms with E-state index in [1.807, 2.05) is 6.07 Å². The zero-order chi connectivity index (χ0) is 24.8. The number of hydrogen-bond acceptors (Lipinski definition) is 5. The minimum Gasteiger partial charge on any atom is -0.497 e. The molecular weight excluding hydrogens is 446 g/mol. The number of methoxy groups -OCH3 is 2. The summed E-state index contributed by atoms with van der Waals surface area (Å²) in [6, 6.07) is 13.8. The molecule has 3 amide bonds. The van der Waals surface area contributed by atoms with Crippen molar-refractivity contribution in [1.82, 2.24) is 15.5 Å². The van der Waals surface area contributed by atoms with Gasteiger partial charge in [0.1, 0.15) is 17.5 Å². The number of carbonyl (C=O) groups excluding carboxylic acids is 3. The number of benzene rings is 2. The highest BCUT2D eigenvalue weighted by molar-refractivity contribution is 6.00. The Balaban J connectivity index is 1.28. The van der Waals surface area contributed by atoms with Gasteiger partial charge in [0.15, 0.2) is 0 Å². The van der Waals surface area contributed by atoms with Gasteiger partial charge in [-0.05, 0) is 74.9 Å². The maximum absolute atomic E-state index is 13.2. The first-order chi connectivity index (χ1) is 17.0. The molecule has 1 saturated heterocycles. The quantitative estimate of drug-likeness (QED) is 0.636. The second kappa shape index (κ2) is 11.3. The number of nitrogens with zero attached hydrogens (tertiary/aromatic N) is 1. The Hall–Kier alpha value is -3.55. The number of amides is 3. The van der Waals surface area contributed by atoms with Gasteiger partial charge in [0.25, 0.3) is 11.8 Å². The summed E-state index contributed by atoms with van der Waals surface area (Å²) in [6.45, 7) is 0.555. The molecule has 1 atom stereocenters. The average Bonchev–Trinajstić information content (AvgIpc) is 3.39. The third kappa shape index (κ3) is 5.75. The van der Waals surface area contributed by atoms with Crippen LogP contribution in [0.1, 0.15) is 59.2 Å². The van der Waals surface area contributed by atoms with Gasteiger partial charge >= 0.3 is 0 Å². The van der Waals surface area contributed by atoms with Crippen molar-refractivity contribution in [1.29, 1.82) is 0 Å². The lowest BCUT2D eigenvalue weighted by Gasteiger charge is -2.32. The van der Waals surface area contributed by atoms with Gasteiger partial charge in [-0.3, -0.25) is 14.4 Å². The van der Waals surface area contributed by atoms with Crippen molar-refractivity contribution in [3.63, 3.8) is 0 Å². The van der Waals surface area contributed by atoms with E-state index in [9.17, 15) is 14.4 Å². The zero-order valence-corrected chi connectivity index (χ0v) is 20.3. The highest BCUT2D eigenvalue weighted by Gasteiger charge is 2.36. The van der Waals surface area contributed by atoms with Crippen LogP contribution in [0.2, 0.25) is 0 Å². The number of hydrogen-bond donors (Lipinski definition) is 2. The van der Waals surface area contributed by atoms with Crippen LogP contribution in [0.25, 0.3) is 0 Å². The Morgan fingerprint density at radius 3 is 2.14 bits per heavy atom. The zero-order valence-electron chi connectivity index (χ0n) is 20.3. The Bertz CT molecular complexity index is 1050. The number of ether oxygens (including phenoxy) is 2. The van der Waals surface area contributed by atoms with Crippen molar-refractivity contribution in [3.05, 3.63) is 59.7 Å². The number of nitrogens with one attached hydrogen (secondary N) is 2. The van der Waals surface area contributed by atoms with Gasteiger partial charge in [0, 0.05) is 24.2 Å². The largest absolute Gasteiger partial charge is 0.497 e. The van der Waals surface area contributed by atoms with Crippen molar-refractivity contribution in [2.45, 2.75) is 56.7 Å². The van der Waals surface area contributed by atoms with Crippen molar-refractivity contribution >= 4 is 17.7 Å². The van der Waals surface area contributed by atoms with E-state index in [1.165, 1.54) is 7.11 Å². The van der Waals surface area contributed by atoms with Crippen molar-refractivity contribution in [3.8, 4) is 11.5 Å². The smallest absolute Gasteiger partial charge is 0.258 e. The Morgan fingerprint density at radius 1 is 0.829 bits per heavy atom. The maximum Gasteiger partial charge on any atom is 0.258 e. The van der Waals surface area contributed by atoms with E-state index in [0.717, 1.165) is 32.1 Å². The lowest BCUT2D eigenvalue weighted by atomic mass is 9.90. The molecule has 8 heteroatoms. The molecule has 1 aliphatic carbocycles. The molecule has 8 nitrogen and oxygen atoms in total. The molecule has 0 bridgehead atoms. The fraction of sp³-hybridized carbons (Fsp3) is 0.444. The third-order valence-corrected chi connectivity index (χ3v) is 6.91. The summed E-state index contributed by atoms with van der Waals surface area (Å²) < 4.78 is 10.5. The summed E-state index contributed by atoms with van der Waals surface area (Å²) in [5, 5.41) is 6.25. The molecule has 1 saturated carbocycles.